The Morgan fingerprint density at radius 1 is 1.14 bits per heavy atom. The summed E-state index contributed by atoms with van der Waals surface area (Å²) < 4.78 is 6.15. The van der Waals surface area contributed by atoms with Crippen LogP contribution in [0.1, 0.15) is 34.3 Å². The third-order valence-electron chi connectivity index (χ3n) is 6.47. The highest BCUT2D eigenvalue weighted by Crippen LogP contribution is 2.38. The SMILES string of the molecule is C[C@H](Oc1ccc(C#N)cn1)C1CN(C(=O)c2ccc3nc[nH]c3c2)C[C@@H]1c1ccc(Cl)c(Cl)c1. The Labute approximate surface area is 212 Å². The standard InChI is InChI=1S/C26H21Cl2N5O2/c1-15(35-25-7-2-16(10-29)11-30-25)19-12-33(13-20(19)17-3-5-21(27)22(28)8-17)26(34)18-4-6-23-24(9-18)32-14-31-23/h2-9,11,14-15,19-20H,12-13H2,1H3,(H,31,32)/t15-,19?,20+/m0/s1. The predicted molar refractivity (Wildman–Crippen MR) is 134 cm³/mol. The van der Waals surface area contributed by atoms with E-state index >= 15 is 0 Å². The molecule has 0 saturated carbocycles. The highest BCUT2D eigenvalue weighted by molar-refractivity contribution is 6.42. The third-order valence-corrected chi connectivity index (χ3v) is 7.21. The van der Waals surface area contributed by atoms with Crippen LogP contribution in [0.3, 0.4) is 0 Å². The second kappa shape index (κ2) is 9.57. The van der Waals surface area contributed by atoms with Crippen molar-refractivity contribution in [1.29, 1.82) is 5.26 Å². The normalized spacial score (nSPS) is 18.4. The lowest BCUT2D eigenvalue weighted by Gasteiger charge is -2.25. The summed E-state index contributed by atoms with van der Waals surface area (Å²) in [5, 5.41) is 9.97. The van der Waals surface area contributed by atoms with Crippen molar-refractivity contribution in [2.45, 2.75) is 18.9 Å². The zero-order chi connectivity index (χ0) is 24.5. The average molecular weight is 506 g/mol. The van der Waals surface area contributed by atoms with Crippen molar-refractivity contribution in [3.63, 3.8) is 0 Å². The molecule has 3 heterocycles. The molecule has 1 fully saturated rings. The molecule has 0 radical (unpaired) electrons. The number of benzene rings is 2. The van der Waals surface area contributed by atoms with Gasteiger partial charge in [0, 0.05) is 42.8 Å². The van der Waals surface area contributed by atoms with E-state index in [0.717, 1.165) is 16.6 Å². The average Bonchev–Trinajstić information content (AvgIpc) is 3.53. The molecule has 2 aromatic carbocycles. The van der Waals surface area contributed by atoms with E-state index in [1.54, 1.807) is 30.6 Å². The molecule has 1 aliphatic heterocycles. The quantitative estimate of drug-likeness (QED) is 0.388. The maximum Gasteiger partial charge on any atom is 0.253 e. The lowest BCUT2D eigenvalue weighted by Crippen LogP contribution is -2.32. The number of nitrogens with zero attached hydrogens (tertiary/aromatic N) is 4. The summed E-state index contributed by atoms with van der Waals surface area (Å²) in [6.45, 7) is 2.99. The van der Waals surface area contributed by atoms with Crippen LogP contribution in [-0.2, 0) is 0 Å². The van der Waals surface area contributed by atoms with Crippen LogP contribution in [0.25, 0.3) is 11.0 Å². The fourth-order valence-corrected chi connectivity index (χ4v) is 4.92. The highest BCUT2D eigenvalue weighted by Gasteiger charge is 2.40. The molecule has 3 atom stereocenters. The van der Waals surface area contributed by atoms with E-state index in [9.17, 15) is 4.79 Å². The Morgan fingerprint density at radius 2 is 2.00 bits per heavy atom. The first-order valence-corrected chi connectivity index (χ1v) is 11.9. The smallest absolute Gasteiger partial charge is 0.253 e. The second-order valence-electron chi connectivity index (χ2n) is 8.61. The van der Waals surface area contributed by atoms with Crippen LogP contribution in [0.2, 0.25) is 10.0 Å². The minimum Gasteiger partial charge on any atom is -0.474 e. The number of fused-ring (bicyclic) bond motifs is 1. The third kappa shape index (κ3) is 4.68. The second-order valence-corrected chi connectivity index (χ2v) is 9.42. The van der Waals surface area contributed by atoms with E-state index in [2.05, 4.69) is 21.0 Å². The zero-order valence-electron chi connectivity index (χ0n) is 18.8. The van der Waals surface area contributed by atoms with E-state index in [1.807, 2.05) is 36.1 Å². The predicted octanol–water partition coefficient (Wildman–Crippen LogP) is 5.46. The molecule has 7 nitrogen and oxygen atoms in total. The fourth-order valence-electron chi connectivity index (χ4n) is 4.61. The van der Waals surface area contributed by atoms with E-state index in [0.29, 0.717) is 40.1 Å². The van der Waals surface area contributed by atoms with Gasteiger partial charge < -0.3 is 14.6 Å². The molecule has 1 amide bonds. The molecule has 5 rings (SSSR count). The number of pyridine rings is 1. The van der Waals surface area contributed by atoms with Crippen molar-refractivity contribution < 1.29 is 9.53 Å². The summed E-state index contributed by atoms with van der Waals surface area (Å²) in [7, 11) is 0. The van der Waals surface area contributed by atoms with Gasteiger partial charge >= 0.3 is 0 Å². The van der Waals surface area contributed by atoms with Crippen molar-refractivity contribution in [2.75, 3.05) is 13.1 Å². The monoisotopic (exact) mass is 505 g/mol. The molecular formula is C26H21Cl2N5O2. The molecule has 9 heteroatoms. The van der Waals surface area contributed by atoms with Gasteiger partial charge in [0.15, 0.2) is 0 Å². The highest BCUT2D eigenvalue weighted by atomic mass is 35.5. The number of aromatic nitrogens is 3. The number of nitrogens with one attached hydrogen (secondary N) is 1. The van der Waals surface area contributed by atoms with E-state index in [4.69, 9.17) is 33.2 Å². The van der Waals surface area contributed by atoms with Crippen molar-refractivity contribution in [3.05, 3.63) is 87.8 Å². The summed E-state index contributed by atoms with van der Waals surface area (Å²) in [6.07, 6.45) is 2.83. The number of carbonyl (C=O) groups excluding carboxylic acids is 1. The lowest BCUT2D eigenvalue weighted by atomic mass is 9.86. The Hall–Kier alpha value is -3.60. The summed E-state index contributed by atoms with van der Waals surface area (Å²) in [4.78, 5) is 26.8. The molecule has 4 aromatic rings. The van der Waals surface area contributed by atoms with E-state index < -0.39 is 0 Å². The van der Waals surface area contributed by atoms with Crippen LogP contribution < -0.4 is 4.74 Å². The van der Waals surface area contributed by atoms with Gasteiger partial charge in [0.25, 0.3) is 5.91 Å². The largest absolute Gasteiger partial charge is 0.474 e. The topological polar surface area (TPSA) is 94.9 Å². The Morgan fingerprint density at radius 3 is 2.74 bits per heavy atom. The number of likely N-dealkylation sites (tertiary alicyclic amines) is 1. The molecule has 176 valence electrons. The summed E-state index contributed by atoms with van der Waals surface area (Å²) in [6, 6.07) is 16.5. The number of rotatable bonds is 5. The van der Waals surface area contributed by atoms with Gasteiger partial charge in [-0.1, -0.05) is 29.3 Å². The van der Waals surface area contributed by atoms with Gasteiger partial charge in [-0.15, -0.1) is 0 Å². The minimum absolute atomic E-state index is 0.0158. The molecule has 0 bridgehead atoms. The first-order valence-electron chi connectivity index (χ1n) is 11.1. The lowest BCUT2D eigenvalue weighted by molar-refractivity contribution is 0.0770. The van der Waals surface area contributed by atoms with Gasteiger partial charge in [-0.05, 0) is 48.9 Å². The Balaban J connectivity index is 1.42. The van der Waals surface area contributed by atoms with Crippen molar-refractivity contribution in [1.82, 2.24) is 19.9 Å². The number of halogens is 2. The first kappa shape index (κ1) is 23.2. The Bertz CT molecular complexity index is 1430. The maximum absolute atomic E-state index is 13.5. The molecule has 0 spiro atoms. The number of amides is 1. The van der Waals surface area contributed by atoms with Crippen LogP contribution in [-0.4, -0.2) is 45.0 Å². The number of hydrogen-bond donors (Lipinski definition) is 1. The fraction of sp³-hybridized carbons (Fsp3) is 0.231. The number of imidazole rings is 1. The van der Waals surface area contributed by atoms with Gasteiger partial charge in [-0.2, -0.15) is 5.26 Å². The molecule has 1 saturated heterocycles. The van der Waals surface area contributed by atoms with Crippen LogP contribution in [0.5, 0.6) is 5.88 Å². The number of nitriles is 1. The molecule has 0 aliphatic carbocycles. The number of carbonyl (C=O) groups is 1. The van der Waals surface area contributed by atoms with Gasteiger partial charge in [-0.25, -0.2) is 9.97 Å². The van der Waals surface area contributed by atoms with E-state index in [1.165, 1.54) is 6.20 Å². The first-order chi connectivity index (χ1) is 16.9. The minimum atomic E-state index is -0.261. The summed E-state index contributed by atoms with van der Waals surface area (Å²) >= 11 is 12.5. The molecule has 1 unspecified atom stereocenters. The molecule has 1 N–H and O–H groups in total. The summed E-state index contributed by atoms with van der Waals surface area (Å²) in [5.74, 6) is 0.333. The number of ether oxygens (including phenoxy) is 1. The molecule has 35 heavy (non-hydrogen) atoms. The Kier molecular flexibility index (Phi) is 6.33. The number of aromatic amines is 1. The van der Waals surface area contributed by atoms with Crippen LogP contribution >= 0.6 is 23.2 Å². The van der Waals surface area contributed by atoms with Gasteiger partial charge in [-0.3, -0.25) is 4.79 Å². The van der Waals surface area contributed by atoms with Crippen molar-refractivity contribution in [3.8, 4) is 11.9 Å². The maximum atomic E-state index is 13.5. The zero-order valence-corrected chi connectivity index (χ0v) is 20.3. The van der Waals surface area contributed by atoms with Crippen molar-refractivity contribution in [2.24, 2.45) is 5.92 Å². The molecular weight excluding hydrogens is 485 g/mol. The van der Waals surface area contributed by atoms with Crippen molar-refractivity contribution >= 4 is 40.1 Å². The number of hydrogen-bond acceptors (Lipinski definition) is 5. The van der Waals surface area contributed by atoms with Crippen LogP contribution in [0.15, 0.2) is 61.1 Å². The summed E-state index contributed by atoms with van der Waals surface area (Å²) in [5.41, 5.74) is 3.68. The molecule has 2 aromatic heterocycles. The van der Waals surface area contributed by atoms with Gasteiger partial charge in [0.1, 0.15) is 12.2 Å². The number of H-pyrrole nitrogens is 1. The van der Waals surface area contributed by atoms with Crippen LogP contribution in [0.4, 0.5) is 0 Å². The molecule has 1 aliphatic rings. The van der Waals surface area contributed by atoms with E-state index in [-0.39, 0.29) is 23.8 Å². The van der Waals surface area contributed by atoms with Gasteiger partial charge in [0.2, 0.25) is 5.88 Å². The van der Waals surface area contributed by atoms with Gasteiger partial charge in [0.05, 0.1) is 33.0 Å². The van der Waals surface area contributed by atoms with Crippen LogP contribution in [0, 0.1) is 17.2 Å².